The van der Waals surface area contributed by atoms with Crippen LogP contribution in [-0.2, 0) is 6.42 Å². The molecule has 0 saturated heterocycles. The van der Waals surface area contributed by atoms with E-state index in [0.29, 0.717) is 12.0 Å². The van der Waals surface area contributed by atoms with E-state index in [4.69, 9.17) is 4.42 Å². The van der Waals surface area contributed by atoms with E-state index >= 15 is 0 Å². The van der Waals surface area contributed by atoms with Crippen LogP contribution in [0.15, 0.2) is 82.3 Å². The van der Waals surface area contributed by atoms with Gasteiger partial charge in [0.15, 0.2) is 5.76 Å². The number of aryl methyl sites for hydroxylation is 3. The second-order valence-corrected chi connectivity index (χ2v) is 9.48. The van der Waals surface area contributed by atoms with Crippen molar-refractivity contribution in [3.05, 3.63) is 112 Å². The van der Waals surface area contributed by atoms with E-state index in [1.807, 2.05) is 75.4 Å². The monoisotopic (exact) mass is 491 g/mol. The van der Waals surface area contributed by atoms with Crippen LogP contribution in [0.4, 0.5) is 5.69 Å². The molecule has 0 atom stereocenters. The van der Waals surface area contributed by atoms with E-state index in [0.717, 1.165) is 63.4 Å². The molecule has 0 radical (unpaired) electrons. The molecule has 0 aliphatic heterocycles. The summed E-state index contributed by atoms with van der Waals surface area (Å²) in [4.78, 5) is 25.8. The fourth-order valence-corrected chi connectivity index (χ4v) is 4.86. The van der Waals surface area contributed by atoms with Gasteiger partial charge in [0.05, 0.1) is 5.71 Å². The van der Waals surface area contributed by atoms with Crippen molar-refractivity contribution < 1.29 is 14.0 Å². The van der Waals surface area contributed by atoms with E-state index < -0.39 is 0 Å². The van der Waals surface area contributed by atoms with Crippen molar-refractivity contribution in [3.8, 4) is 11.1 Å². The number of rotatable bonds is 5. The molecule has 6 heteroatoms. The highest BCUT2D eigenvalue weighted by molar-refractivity contribution is 6.09. The van der Waals surface area contributed by atoms with Crippen LogP contribution in [0.3, 0.4) is 0 Å². The summed E-state index contributed by atoms with van der Waals surface area (Å²) in [5.41, 5.74) is 10.5. The molecule has 5 rings (SSSR count). The molecule has 0 bridgehead atoms. The van der Waals surface area contributed by atoms with Crippen molar-refractivity contribution in [2.45, 2.75) is 40.0 Å². The van der Waals surface area contributed by atoms with Gasteiger partial charge in [-0.25, -0.2) is 5.43 Å². The Labute approximate surface area is 216 Å². The van der Waals surface area contributed by atoms with Gasteiger partial charge in [-0.05, 0) is 80.1 Å². The number of fused-ring (bicyclic) bond motifs is 1. The Morgan fingerprint density at radius 1 is 0.811 bits per heavy atom. The lowest BCUT2D eigenvalue weighted by atomic mass is 9.93. The minimum atomic E-state index is -0.293. The topological polar surface area (TPSA) is 83.7 Å². The van der Waals surface area contributed by atoms with Gasteiger partial charge >= 0.3 is 0 Å². The zero-order chi connectivity index (χ0) is 25.9. The first-order valence-electron chi connectivity index (χ1n) is 12.4. The summed E-state index contributed by atoms with van der Waals surface area (Å²) in [5.74, 6) is 0.433. The van der Waals surface area contributed by atoms with Crippen molar-refractivity contribution >= 4 is 23.2 Å². The molecular formula is C31H29N3O3. The molecule has 1 aromatic heterocycles. The van der Waals surface area contributed by atoms with Gasteiger partial charge < -0.3 is 9.73 Å². The molecule has 186 valence electrons. The summed E-state index contributed by atoms with van der Waals surface area (Å²) in [6, 6.07) is 23.4. The molecule has 0 saturated carbocycles. The molecule has 1 heterocycles. The Balaban J connectivity index is 1.33. The van der Waals surface area contributed by atoms with Crippen LogP contribution in [0.5, 0.6) is 0 Å². The number of hydrogen-bond acceptors (Lipinski definition) is 4. The number of nitrogens with one attached hydrogen (secondary N) is 2. The Morgan fingerprint density at radius 2 is 1.49 bits per heavy atom. The van der Waals surface area contributed by atoms with Gasteiger partial charge in [-0.3, -0.25) is 9.59 Å². The Hall–Kier alpha value is -4.45. The lowest BCUT2D eigenvalue weighted by Gasteiger charge is -2.13. The van der Waals surface area contributed by atoms with Crippen LogP contribution >= 0.6 is 0 Å². The van der Waals surface area contributed by atoms with Crippen LogP contribution in [-0.4, -0.2) is 17.5 Å². The average molecular weight is 492 g/mol. The van der Waals surface area contributed by atoms with E-state index in [1.54, 1.807) is 12.1 Å². The van der Waals surface area contributed by atoms with Crippen LogP contribution < -0.4 is 10.7 Å². The quantitative estimate of drug-likeness (QED) is 0.309. The number of carbonyl (C=O) groups is 2. The Kier molecular flexibility index (Phi) is 6.73. The van der Waals surface area contributed by atoms with Crippen LogP contribution in [0.25, 0.3) is 11.1 Å². The molecule has 0 spiro atoms. The molecule has 0 fully saturated rings. The largest absolute Gasteiger partial charge is 0.455 e. The molecule has 1 aliphatic carbocycles. The highest BCUT2D eigenvalue weighted by Crippen LogP contribution is 2.30. The molecular weight excluding hydrogens is 462 g/mol. The smallest absolute Gasteiger partial charge is 0.291 e. The summed E-state index contributed by atoms with van der Waals surface area (Å²) in [5, 5.41) is 7.40. The number of nitrogens with zero attached hydrogens (tertiary/aromatic N) is 1. The number of benzene rings is 3. The fraction of sp³-hybridized carbons (Fsp3) is 0.194. The lowest BCUT2D eigenvalue weighted by molar-refractivity contribution is 0.0953. The van der Waals surface area contributed by atoms with E-state index in [1.165, 1.54) is 0 Å². The zero-order valence-corrected chi connectivity index (χ0v) is 21.2. The number of hydrazone groups is 1. The number of anilines is 1. The second-order valence-electron chi connectivity index (χ2n) is 9.48. The minimum Gasteiger partial charge on any atom is -0.455 e. The molecule has 37 heavy (non-hydrogen) atoms. The SMILES string of the molecule is Cc1cc(C)cc(NC(=O)c2oc3c(c2C)/C(=N/NC(=O)c2ccc(-c4ccccc4)cc2)CCC3)c1. The third kappa shape index (κ3) is 5.23. The number of hydrogen-bond donors (Lipinski definition) is 2. The summed E-state index contributed by atoms with van der Waals surface area (Å²) in [6.45, 7) is 5.85. The predicted molar refractivity (Wildman–Crippen MR) is 146 cm³/mol. The van der Waals surface area contributed by atoms with Crippen molar-refractivity contribution in [1.82, 2.24) is 5.43 Å². The number of furan rings is 1. The van der Waals surface area contributed by atoms with Crippen molar-refractivity contribution in [1.29, 1.82) is 0 Å². The fourth-order valence-electron chi connectivity index (χ4n) is 4.86. The predicted octanol–water partition coefficient (Wildman–Crippen LogP) is 6.59. The van der Waals surface area contributed by atoms with Gasteiger partial charge in [0.25, 0.3) is 11.8 Å². The first-order chi connectivity index (χ1) is 17.9. The standard InChI is InChI=1S/C31H29N3O3/c1-19-16-20(2)18-25(17-19)32-31(36)29-21(3)28-26(10-7-11-27(28)37-29)33-34-30(35)24-14-12-23(13-15-24)22-8-5-4-6-9-22/h4-6,8-9,12-18H,7,10-11H2,1-3H3,(H,32,36)(H,34,35)/b33-26+. The highest BCUT2D eigenvalue weighted by Gasteiger charge is 2.28. The molecule has 0 unspecified atom stereocenters. The molecule has 2 N–H and O–H groups in total. The maximum Gasteiger partial charge on any atom is 0.291 e. The molecule has 2 amide bonds. The Bertz CT molecular complexity index is 1480. The molecule has 3 aromatic carbocycles. The third-order valence-electron chi connectivity index (χ3n) is 6.56. The molecule has 6 nitrogen and oxygen atoms in total. The third-order valence-corrected chi connectivity index (χ3v) is 6.56. The number of carbonyl (C=O) groups excluding carboxylic acids is 2. The first kappa shape index (κ1) is 24.3. The van der Waals surface area contributed by atoms with Crippen molar-refractivity contribution in [2.75, 3.05) is 5.32 Å². The van der Waals surface area contributed by atoms with Crippen molar-refractivity contribution in [2.24, 2.45) is 5.10 Å². The zero-order valence-electron chi connectivity index (χ0n) is 21.2. The summed E-state index contributed by atoms with van der Waals surface area (Å²) in [7, 11) is 0. The van der Waals surface area contributed by atoms with Crippen molar-refractivity contribution in [3.63, 3.8) is 0 Å². The van der Waals surface area contributed by atoms with E-state index in [2.05, 4.69) is 21.9 Å². The summed E-state index contributed by atoms with van der Waals surface area (Å²) < 4.78 is 6.00. The summed E-state index contributed by atoms with van der Waals surface area (Å²) in [6.07, 6.45) is 2.25. The summed E-state index contributed by atoms with van der Waals surface area (Å²) >= 11 is 0. The Morgan fingerprint density at radius 3 is 2.19 bits per heavy atom. The maximum absolute atomic E-state index is 13.0. The maximum atomic E-state index is 13.0. The van der Waals surface area contributed by atoms with Gasteiger partial charge in [0.1, 0.15) is 5.76 Å². The minimum absolute atomic E-state index is 0.279. The van der Waals surface area contributed by atoms with Crippen LogP contribution in [0.2, 0.25) is 0 Å². The van der Waals surface area contributed by atoms with E-state index in [9.17, 15) is 9.59 Å². The normalized spacial score (nSPS) is 13.8. The average Bonchev–Trinajstić information content (AvgIpc) is 3.24. The first-order valence-corrected chi connectivity index (χ1v) is 12.4. The van der Waals surface area contributed by atoms with Gasteiger partial charge in [0, 0.05) is 28.8 Å². The van der Waals surface area contributed by atoms with Gasteiger partial charge in [-0.2, -0.15) is 5.10 Å². The molecule has 4 aromatic rings. The highest BCUT2D eigenvalue weighted by atomic mass is 16.4. The van der Waals surface area contributed by atoms with Crippen LogP contribution in [0, 0.1) is 20.8 Å². The van der Waals surface area contributed by atoms with Crippen LogP contribution in [0.1, 0.15) is 61.8 Å². The van der Waals surface area contributed by atoms with Gasteiger partial charge in [-0.1, -0.05) is 48.5 Å². The number of amides is 2. The lowest BCUT2D eigenvalue weighted by Crippen LogP contribution is -2.22. The van der Waals surface area contributed by atoms with Gasteiger partial charge in [-0.15, -0.1) is 0 Å². The second kappa shape index (κ2) is 10.3. The van der Waals surface area contributed by atoms with E-state index in [-0.39, 0.29) is 17.6 Å². The van der Waals surface area contributed by atoms with Gasteiger partial charge in [0.2, 0.25) is 0 Å². The molecule has 1 aliphatic rings.